The molecule has 0 aromatic heterocycles. The molecule has 0 spiro atoms. The van der Waals surface area contributed by atoms with Crippen molar-refractivity contribution in [2.45, 2.75) is 0 Å². The molecule has 0 atom stereocenters. The van der Waals surface area contributed by atoms with Crippen LogP contribution in [0.5, 0.6) is 0 Å². The largest absolute Gasteiger partial charge is 0.478 e. The molecular formula is C20H13NO2. The first-order chi connectivity index (χ1) is 11.2. The molecular weight excluding hydrogens is 286 g/mol. The van der Waals surface area contributed by atoms with E-state index in [-0.39, 0.29) is 5.56 Å². The lowest BCUT2D eigenvalue weighted by atomic mass is 9.88. The van der Waals surface area contributed by atoms with Crippen molar-refractivity contribution >= 4 is 5.97 Å². The number of nitrogens with zero attached hydrogens (tertiary/aromatic N) is 1. The average Bonchev–Trinajstić information content (AvgIpc) is 2.61. The van der Waals surface area contributed by atoms with Gasteiger partial charge >= 0.3 is 5.97 Å². The first-order valence-electron chi connectivity index (χ1n) is 7.13. The molecule has 3 rings (SSSR count). The molecule has 0 saturated carbocycles. The van der Waals surface area contributed by atoms with Gasteiger partial charge in [-0.1, -0.05) is 60.7 Å². The second-order valence-electron chi connectivity index (χ2n) is 5.06. The predicted molar refractivity (Wildman–Crippen MR) is 89.0 cm³/mol. The Bertz CT molecular complexity index is 908. The van der Waals surface area contributed by atoms with Crippen LogP contribution in [0.2, 0.25) is 0 Å². The Morgan fingerprint density at radius 1 is 0.826 bits per heavy atom. The van der Waals surface area contributed by atoms with E-state index in [1.165, 1.54) is 0 Å². The summed E-state index contributed by atoms with van der Waals surface area (Å²) in [6.45, 7) is 0. The third-order valence-corrected chi connectivity index (χ3v) is 3.70. The molecule has 3 heteroatoms. The maximum atomic E-state index is 11.6. The van der Waals surface area contributed by atoms with E-state index in [9.17, 15) is 15.2 Å². The van der Waals surface area contributed by atoms with E-state index in [0.717, 1.165) is 11.1 Å². The van der Waals surface area contributed by atoms with Gasteiger partial charge in [0.15, 0.2) is 0 Å². The van der Waals surface area contributed by atoms with Gasteiger partial charge in [0, 0.05) is 5.56 Å². The SMILES string of the molecule is N#Cc1cccc(-c2ccccc2)c1-c1ccccc1C(=O)O. The lowest BCUT2D eigenvalue weighted by molar-refractivity contribution is 0.0697. The minimum Gasteiger partial charge on any atom is -0.478 e. The Kier molecular flexibility index (Phi) is 3.90. The fraction of sp³-hybridized carbons (Fsp3) is 0. The number of carboxylic acid groups (broad SMARTS) is 1. The summed E-state index contributed by atoms with van der Waals surface area (Å²) in [5.41, 5.74) is 3.64. The topological polar surface area (TPSA) is 61.1 Å². The summed E-state index contributed by atoms with van der Waals surface area (Å²) in [5.74, 6) is -1.01. The molecule has 23 heavy (non-hydrogen) atoms. The van der Waals surface area contributed by atoms with Crippen LogP contribution in [0, 0.1) is 11.3 Å². The first kappa shape index (κ1) is 14.6. The van der Waals surface area contributed by atoms with E-state index >= 15 is 0 Å². The van der Waals surface area contributed by atoms with Crippen LogP contribution in [0.1, 0.15) is 15.9 Å². The summed E-state index contributed by atoms with van der Waals surface area (Å²) < 4.78 is 0. The Morgan fingerprint density at radius 2 is 1.48 bits per heavy atom. The van der Waals surface area contributed by atoms with Crippen LogP contribution < -0.4 is 0 Å². The normalized spacial score (nSPS) is 10.0. The van der Waals surface area contributed by atoms with Gasteiger partial charge in [0.05, 0.1) is 17.2 Å². The van der Waals surface area contributed by atoms with Crippen LogP contribution in [-0.2, 0) is 0 Å². The monoisotopic (exact) mass is 299 g/mol. The van der Waals surface area contributed by atoms with E-state index in [2.05, 4.69) is 6.07 Å². The van der Waals surface area contributed by atoms with Crippen molar-refractivity contribution < 1.29 is 9.90 Å². The third kappa shape index (κ3) is 2.70. The molecule has 0 heterocycles. The highest BCUT2D eigenvalue weighted by Gasteiger charge is 2.18. The van der Waals surface area contributed by atoms with Gasteiger partial charge in [-0.25, -0.2) is 4.79 Å². The third-order valence-electron chi connectivity index (χ3n) is 3.70. The summed E-state index contributed by atoms with van der Waals surface area (Å²) in [5, 5.41) is 19.0. The maximum Gasteiger partial charge on any atom is 0.336 e. The van der Waals surface area contributed by atoms with Gasteiger partial charge in [-0.3, -0.25) is 0 Å². The fourth-order valence-corrected chi connectivity index (χ4v) is 2.68. The first-order valence-corrected chi connectivity index (χ1v) is 7.13. The summed E-state index contributed by atoms with van der Waals surface area (Å²) in [6.07, 6.45) is 0. The molecule has 110 valence electrons. The Balaban J connectivity index is 2.36. The van der Waals surface area contributed by atoms with E-state index in [4.69, 9.17) is 0 Å². The van der Waals surface area contributed by atoms with Crippen molar-refractivity contribution in [2.24, 2.45) is 0 Å². The van der Waals surface area contributed by atoms with Gasteiger partial charge in [0.2, 0.25) is 0 Å². The maximum absolute atomic E-state index is 11.6. The molecule has 0 unspecified atom stereocenters. The highest BCUT2D eigenvalue weighted by Crippen LogP contribution is 2.36. The smallest absolute Gasteiger partial charge is 0.336 e. The summed E-state index contributed by atoms with van der Waals surface area (Å²) in [7, 11) is 0. The molecule has 0 aliphatic heterocycles. The zero-order valence-electron chi connectivity index (χ0n) is 12.2. The number of carboxylic acids is 1. The second kappa shape index (κ2) is 6.17. The van der Waals surface area contributed by atoms with Crippen molar-refractivity contribution in [3.8, 4) is 28.3 Å². The van der Waals surface area contributed by atoms with Crippen LogP contribution in [0.15, 0.2) is 72.8 Å². The molecule has 0 radical (unpaired) electrons. The van der Waals surface area contributed by atoms with Gasteiger partial charge < -0.3 is 5.11 Å². The number of nitriles is 1. The Labute approximate surface area is 134 Å². The predicted octanol–water partition coefficient (Wildman–Crippen LogP) is 4.59. The fourth-order valence-electron chi connectivity index (χ4n) is 2.68. The number of hydrogen-bond acceptors (Lipinski definition) is 2. The molecule has 3 aromatic rings. The van der Waals surface area contributed by atoms with Gasteiger partial charge in [0.1, 0.15) is 0 Å². The number of benzene rings is 3. The molecule has 0 amide bonds. The van der Waals surface area contributed by atoms with Crippen molar-refractivity contribution in [2.75, 3.05) is 0 Å². The van der Waals surface area contributed by atoms with Crippen molar-refractivity contribution in [3.63, 3.8) is 0 Å². The molecule has 3 nitrogen and oxygen atoms in total. The van der Waals surface area contributed by atoms with Crippen LogP contribution >= 0.6 is 0 Å². The minimum absolute atomic E-state index is 0.187. The average molecular weight is 299 g/mol. The molecule has 0 aliphatic rings. The zero-order chi connectivity index (χ0) is 16.2. The van der Waals surface area contributed by atoms with Crippen molar-refractivity contribution in [1.29, 1.82) is 5.26 Å². The van der Waals surface area contributed by atoms with Crippen LogP contribution in [0.25, 0.3) is 22.3 Å². The van der Waals surface area contributed by atoms with E-state index in [0.29, 0.717) is 16.7 Å². The zero-order valence-corrected chi connectivity index (χ0v) is 12.2. The highest BCUT2D eigenvalue weighted by molar-refractivity contribution is 6.00. The number of hydrogen-bond donors (Lipinski definition) is 1. The molecule has 0 aliphatic carbocycles. The van der Waals surface area contributed by atoms with E-state index in [1.807, 2.05) is 42.5 Å². The van der Waals surface area contributed by atoms with Crippen LogP contribution in [0.3, 0.4) is 0 Å². The standard InChI is InChI=1S/C20H13NO2/c21-13-15-9-6-12-16(14-7-2-1-3-8-14)19(15)17-10-4-5-11-18(17)20(22)23/h1-12H,(H,22,23). The Morgan fingerprint density at radius 3 is 2.17 bits per heavy atom. The quantitative estimate of drug-likeness (QED) is 0.769. The van der Waals surface area contributed by atoms with Gasteiger partial charge in [-0.15, -0.1) is 0 Å². The van der Waals surface area contributed by atoms with Gasteiger partial charge in [-0.05, 0) is 28.8 Å². The van der Waals surface area contributed by atoms with E-state index in [1.54, 1.807) is 30.3 Å². The Hall–Kier alpha value is -3.38. The van der Waals surface area contributed by atoms with Crippen molar-refractivity contribution in [1.82, 2.24) is 0 Å². The molecule has 0 saturated heterocycles. The molecule has 1 N–H and O–H groups in total. The lowest BCUT2D eigenvalue weighted by Gasteiger charge is -2.14. The van der Waals surface area contributed by atoms with Crippen LogP contribution in [-0.4, -0.2) is 11.1 Å². The van der Waals surface area contributed by atoms with E-state index < -0.39 is 5.97 Å². The highest BCUT2D eigenvalue weighted by atomic mass is 16.4. The van der Waals surface area contributed by atoms with Gasteiger partial charge in [-0.2, -0.15) is 5.26 Å². The van der Waals surface area contributed by atoms with Crippen molar-refractivity contribution in [3.05, 3.63) is 83.9 Å². The summed E-state index contributed by atoms with van der Waals surface area (Å²) >= 11 is 0. The summed E-state index contributed by atoms with van der Waals surface area (Å²) in [6, 6.07) is 24.0. The minimum atomic E-state index is -1.01. The number of carbonyl (C=O) groups is 1. The number of rotatable bonds is 3. The lowest BCUT2D eigenvalue weighted by Crippen LogP contribution is -2.01. The van der Waals surface area contributed by atoms with Crippen LogP contribution in [0.4, 0.5) is 0 Å². The van der Waals surface area contributed by atoms with Gasteiger partial charge in [0.25, 0.3) is 0 Å². The second-order valence-corrected chi connectivity index (χ2v) is 5.06. The summed E-state index contributed by atoms with van der Waals surface area (Å²) in [4.78, 5) is 11.6. The number of aromatic carboxylic acids is 1. The molecule has 3 aromatic carbocycles. The molecule has 0 bridgehead atoms. The molecule has 0 fully saturated rings.